The van der Waals surface area contributed by atoms with Gasteiger partial charge in [-0.2, -0.15) is 0 Å². The zero-order valence-electron chi connectivity index (χ0n) is 5.46. The Bertz CT molecular complexity index is 99.1. The van der Waals surface area contributed by atoms with Crippen molar-refractivity contribution in [1.82, 2.24) is 9.80 Å². The molecule has 0 N–H and O–H groups in total. The third-order valence-electron chi connectivity index (χ3n) is 2.53. The molecule has 2 saturated heterocycles. The zero-order chi connectivity index (χ0) is 5.72. The first kappa shape index (κ1) is 4.77. The van der Waals surface area contributed by atoms with Crippen molar-refractivity contribution >= 4 is 0 Å². The van der Waals surface area contributed by atoms with Crippen LogP contribution in [0.4, 0.5) is 0 Å². The van der Waals surface area contributed by atoms with Gasteiger partial charge >= 0.3 is 0 Å². The number of hydrogen-bond donors (Lipinski definition) is 0. The summed E-state index contributed by atoms with van der Waals surface area (Å²) < 4.78 is 0. The summed E-state index contributed by atoms with van der Waals surface area (Å²) >= 11 is 0. The maximum Gasteiger partial charge on any atom is 0.0388 e. The van der Waals surface area contributed by atoms with Crippen LogP contribution in [0.15, 0.2) is 0 Å². The van der Waals surface area contributed by atoms with Crippen LogP contribution in [0.1, 0.15) is 0 Å². The van der Waals surface area contributed by atoms with Gasteiger partial charge in [0.2, 0.25) is 0 Å². The summed E-state index contributed by atoms with van der Waals surface area (Å²) in [6.07, 6.45) is 0. The molecule has 0 aromatic carbocycles. The lowest BCUT2D eigenvalue weighted by Crippen LogP contribution is -2.76. The Morgan fingerprint density at radius 2 is 1.38 bits per heavy atom. The molecular formula is C6H12N2. The zero-order valence-corrected chi connectivity index (χ0v) is 5.46. The predicted molar refractivity (Wildman–Crippen MR) is 32.8 cm³/mol. The van der Waals surface area contributed by atoms with Crippen LogP contribution < -0.4 is 0 Å². The van der Waals surface area contributed by atoms with Gasteiger partial charge in [0, 0.05) is 25.2 Å². The van der Waals surface area contributed by atoms with Gasteiger partial charge < -0.3 is 0 Å². The highest BCUT2D eigenvalue weighted by Gasteiger charge is 2.47. The third kappa shape index (κ3) is 0.361. The second-order valence-corrected chi connectivity index (χ2v) is 3.01. The molecule has 2 rings (SSSR count). The van der Waals surface area contributed by atoms with E-state index in [2.05, 4.69) is 23.9 Å². The van der Waals surface area contributed by atoms with Gasteiger partial charge in [-0.25, -0.2) is 0 Å². The lowest BCUT2D eigenvalue weighted by Gasteiger charge is -2.59. The van der Waals surface area contributed by atoms with Gasteiger partial charge in [-0.15, -0.1) is 0 Å². The number of nitrogens with zero attached hydrogens (tertiary/aromatic N) is 2. The van der Waals surface area contributed by atoms with Crippen molar-refractivity contribution in [2.45, 2.75) is 12.1 Å². The van der Waals surface area contributed by atoms with Crippen LogP contribution in [0.5, 0.6) is 0 Å². The van der Waals surface area contributed by atoms with E-state index < -0.39 is 0 Å². The van der Waals surface area contributed by atoms with Crippen molar-refractivity contribution in [3.63, 3.8) is 0 Å². The quantitative estimate of drug-likeness (QED) is 0.421. The molecule has 0 aromatic rings. The Morgan fingerprint density at radius 1 is 1.00 bits per heavy atom. The van der Waals surface area contributed by atoms with Gasteiger partial charge in [0.1, 0.15) is 0 Å². The molecule has 1 unspecified atom stereocenters. The van der Waals surface area contributed by atoms with Crippen molar-refractivity contribution in [2.75, 3.05) is 27.2 Å². The first-order valence-corrected chi connectivity index (χ1v) is 3.19. The van der Waals surface area contributed by atoms with Crippen LogP contribution in [0, 0.1) is 0 Å². The highest BCUT2D eigenvalue weighted by molar-refractivity contribution is 5.05. The lowest BCUT2D eigenvalue weighted by atomic mass is 9.87. The molecule has 0 spiro atoms. The Labute approximate surface area is 50.1 Å². The molecule has 2 aliphatic heterocycles. The van der Waals surface area contributed by atoms with Gasteiger partial charge in [-0.05, 0) is 14.1 Å². The minimum Gasteiger partial charge on any atom is -0.299 e. The molecule has 0 aliphatic carbocycles. The van der Waals surface area contributed by atoms with Crippen LogP contribution in [-0.4, -0.2) is 49.1 Å². The standard InChI is InChI=1S/C6H12N2/c1-7-3-6-5(7)4-8(6)2/h5-6H,3-4H2,1-2H3/t5-,6?/m1/s1. The van der Waals surface area contributed by atoms with Crippen molar-refractivity contribution in [2.24, 2.45) is 0 Å². The highest BCUT2D eigenvalue weighted by Crippen LogP contribution is 2.29. The van der Waals surface area contributed by atoms with E-state index in [-0.39, 0.29) is 0 Å². The van der Waals surface area contributed by atoms with Crippen LogP contribution in [-0.2, 0) is 0 Å². The fourth-order valence-corrected chi connectivity index (χ4v) is 1.69. The first-order valence-electron chi connectivity index (χ1n) is 3.19. The minimum absolute atomic E-state index is 0.917. The summed E-state index contributed by atoms with van der Waals surface area (Å²) in [6, 6.07) is 1.83. The van der Waals surface area contributed by atoms with E-state index in [1.807, 2.05) is 0 Å². The lowest BCUT2D eigenvalue weighted by molar-refractivity contribution is -0.0960. The van der Waals surface area contributed by atoms with Gasteiger partial charge in [0.15, 0.2) is 0 Å². The second-order valence-electron chi connectivity index (χ2n) is 3.01. The van der Waals surface area contributed by atoms with Crippen molar-refractivity contribution in [3.05, 3.63) is 0 Å². The smallest absolute Gasteiger partial charge is 0.0388 e. The summed E-state index contributed by atoms with van der Waals surface area (Å²) in [5.74, 6) is 0. The van der Waals surface area contributed by atoms with Gasteiger partial charge in [-0.3, -0.25) is 9.80 Å². The van der Waals surface area contributed by atoms with Crippen molar-refractivity contribution in [3.8, 4) is 0 Å². The summed E-state index contributed by atoms with van der Waals surface area (Å²) in [7, 11) is 4.41. The molecule has 2 heterocycles. The monoisotopic (exact) mass is 112 g/mol. The normalized spacial score (nSPS) is 47.2. The number of likely N-dealkylation sites (N-methyl/N-ethyl adjacent to an activating group) is 2. The Balaban J connectivity index is 1.96. The number of hydrogen-bond acceptors (Lipinski definition) is 2. The molecule has 0 amide bonds. The molecular weight excluding hydrogens is 100 g/mol. The molecule has 2 fully saturated rings. The Kier molecular flexibility index (Phi) is 0.746. The summed E-state index contributed by atoms with van der Waals surface area (Å²) in [5, 5.41) is 0. The fourth-order valence-electron chi connectivity index (χ4n) is 1.69. The number of rotatable bonds is 0. The van der Waals surface area contributed by atoms with Crippen LogP contribution in [0.3, 0.4) is 0 Å². The van der Waals surface area contributed by atoms with E-state index in [0.717, 1.165) is 12.1 Å². The molecule has 2 heteroatoms. The Hall–Kier alpha value is -0.0800. The van der Waals surface area contributed by atoms with E-state index >= 15 is 0 Å². The van der Waals surface area contributed by atoms with Gasteiger partial charge in [-0.1, -0.05) is 0 Å². The topological polar surface area (TPSA) is 6.48 Å². The van der Waals surface area contributed by atoms with Crippen LogP contribution in [0.2, 0.25) is 0 Å². The minimum atomic E-state index is 0.917. The van der Waals surface area contributed by atoms with Crippen LogP contribution in [0.25, 0.3) is 0 Å². The molecule has 0 aromatic heterocycles. The molecule has 0 radical (unpaired) electrons. The fraction of sp³-hybridized carbons (Fsp3) is 1.00. The van der Waals surface area contributed by atoms with Gasteiger partial charge in [0.25, 0.3) is 0 Å². The van der Waals surface area contributed by atoms with Crippen molar-refractivity contribution in [1.29, 1.82) is 0 Å². The van der Waals surface area contributed by atoms with E-state index in [4.69, 9.17) is 0 Å². The third-order valence-corrected chi connectivity index (χ3v) is 2.53. The summed E-state index contributed by atoms with van der Waals surface area (Å²) in [4.78, 5) is 4.84. The molecule has 2 atom stereocenters. The maximum atomic E-state index is 2.42. The summed E-state index contributed by atoms with van der Waals surface area (Å²) in [6.45, 7) is 2.59. The number of fused-ring (bicyclic) bond motifs is 1. The molecule has 8 heavy (non-hydrogen) atoms. The summed E-state index contributed by atoms with van der Waals surface area (Å²) in [5.41, 5.74) is 0. The van der Waals surface area contributed by atoms with Crippen LogP contribution >= 0.6 is 0 Å². The largest absolute Gasteiger partial charge is 0.299 e. The Morgan fingerprint density at radius 3 is 1.50 bits per heavy atom. The molecule has 0 saturated carbocycles. The van der Waals surface area contributed by atoms with E-state index in [1.54, 1.807) is 0 Å². The van der Waals surface area contributed by atoms with E-state index in [1.165, 1.54) is 13.1 Å². The number of piperazine rings is 1. The molecule has 2 aliphatic rings. The second kappa shape index (κ2) is 1.25. The predicted octanol–water partition coefficient (Wildman–Crippen LogP) is -0.386. The molecule has 2 nitrogen and oxygen atoms in total. The molecule has 0 bridgehead atoms. The van der Waals surface area contributed by atoms with E-state index in [0.29, 0.717) is 0 Å². The van der Waals surface area contributed by atoms with Gasteiger partial charge in [0.05, 0.1) is 0 Å². The maximum absolute atomic E-state index is 2.42. The molecule has 46 valence electrons. The average molecular weight is 112 g/mol. The van der Waals surface area contributed by atoms with E-state index in [9.17, 15) is 0 Å². The first-order chi connectivity index (χ1) is 3.79. The van der Waals surface area contributed by atoms with Crippen molar-refractivity contribution < 1.29 is 0 Å². The average Bonchev–Trinajstić information content (AvgIpc) is 1.76. The highest BCUT2D eigenvalue weighted by atomic mass is 15.4. The SMILES string of the molecule is CN1C[C@@H]2C1CN2C. The number of likely N-dealkylation sites (tertiary alicyclic amines) is 2.